The Hall–Kier alpha value is -1.08. The van der Waals surface area contributed by atoms with Crippen LogP contribution >= 0.6 is 0 Å². The molecular formula is C12H23N3O. The maximum absolute atomic E-state index is 12.0. The van der Waals surface area contributed by atoms with Crippen LogP contribution < -0.4 is 5.73 Å². The highest BCUT2D eigenvalue weighted by atomic mass is 16.2. The van der Waals surface area contributed by atoms with Gasteiger partial charge in [0.15, 0.2) is 0 Å². The van der Waals surface area contributed by atoms with E-state index >= 15 is 0 Å². The third kappa shape index (κ3) is 4.19. The Morgan fingerprint density at radius 3 is 2.38 bits per heavy atom. The van der Waals surface area contributed by atoms with Crippen LogP contribution in [0.15, 0.2) is 0 Å². The quantitative estimate of drug-likeness (QED) is 0.742. The van der Waals surface area contributed by atoms with E-state index in [1.807, 2.05) is 27.7 Å². The Labute approximate surface area is 98.4 Å². The molecule has 4 heteroatoms. The van der Waals surface area contributed by atoms with Crippen LogP contribution in [0.25, 0.3) is 0 Å². The zero-order chi connectivity index (χ0) is 12.7. The highest BCUT2D eigenvalue weighted by Crippen LogP contribution is 2.09. The highest BCUT2D eigenvalue weighted by molar-refractivity contribution is 5.81. The summed E-state index contributed by atoms with van der Waals surface area (Å²) in [6.45, 7) is 8.79. The van der Waals surface area contributed by atoms with Crippen molar-refractivity contribution in [3.63, 3.8) is 0 Å². The number of likely N-dealkylation sites (N-methyl/N-ethyl adjacent to an activating group) is 1. The van der Waals surface area contributed by atoms with E-state index in [4.69, 9.17) is 11.0 Å². The van der Waals surface area contributed by atoms with Crippen molar-refractivity contribution in [2.45, 2.75) is 40.2 Å². The van der Waals surface area contributed by atoms with Gasteiger partial charge in [0.1, 0.15) is 0 Å². The summed E-state index contributed by atoms with van der Waals surface area (Å²) in [5, 5.41) is 8.74. The van der Waals surface area contributed by atoms with Crippen molar-refractivity contribution < 1.29 is 4.79 Å². The number of nitriles is 1. The number of hydrogen-bond donors (Lipinski definition) is 1. The monoisotopic (exact) mass is 225 g/mol. The fourth-order valence-electron chi connectivity index (χ4n) is 1.45. The predicted octanol–water partition coefficient (Wildman–Crippen LogP) is 1.37. The summed E-state index contributed by atoms with van der Waals surface area (Å²) < 4.78 is 0. The summed E-state index contributed by atoms with van der Waals surface area (Å²) in [4.78, 5) is 13.7. The second-order valence-corrected chi connectivity index (χ2v) is 4.32. The van der Waals surface area contributed by atoms with E-state index in [1.165, 1.54) is 0 Å². The molecule has 0 aliphatic carbocycles. The second kappa shape index (κ2) is 7.24. The summed E-state index contributed by atoms with van der Waals surface area (Å²) >= 11 is 0. The van der Waals surface area contributed by atoms with E-state index < -0.39 is 6.04 Å². The van der Waals surface area contributed by atoms with Crippen molar-refractivity contribution in [1.29, 1.82) is 5.26 Å². The Bertz CT molecular complexity index is 259. The van der Waals surface area contributed by atoms with Crippen LogP contribution in [0.5, 0.6) is 0 Å². The van der Waals surface area contributed by atoms with E-state index in [1.54, 1.807) is 4.90 Å². The van der Waals surface area contributed by atoms with Gasteiger partial charge in [-0.2, -0.15) is 5.26 Å². The number of amides is 1. The molecule has 0 radical (unpaired) electrons. The second-order valence-electron chi connectivity index (χ2n) is 4.32. The summed E-state index contributed by atoms with van der Waals surface area (Å²) in [5.74, 6) is -0.00840. The molecule has 2 N–H and O–H groups in total. The third-order valence-electron chi connectivity index (χ3n) is 2.95. The molecule has 0 heterocycles. The molecule has 0 saturated heterocycles. The minimum atomic E-state index is -0.448. The first-order chi connectivity index (χ1) is 7.47. The lowest BCUT2D eigenvalue weighted by molar-refractivity contribution is -0.133. The van der Waals surface area contributed by atoms with E-state index in [-0.39, 0.29) is 17.7 Å². The van der Waals surface area contributed by atoms with Gasteiger partial charge in [0, 0.05) is 13.1 Å². The number of nitrogens with zero attached hydrogens (tertiary/aromatic N) is 2. The molecule has 1 amide bonds. The van der Waals surface area contributed by atoms with Crippen molar-refractivity contribution in [1.82, 2.24) is 4.90 Å². The molecule has 0 aliphatic heterocycles. The molecule has 2 unspecified atom stereocenters. The van der Waals surface area contributed by atoms with Gasteiger partial charge in [0.2, 0.25) is 5.91 Å². The van der Waals surface area contributed by atoms with Gasteiger partial charge >= 0.3 is 0 Å². The van der Waals surface area contributed by atoms with Gasteiger partial charge in [-0.15, -0.1) is 0 Å². The number of nitrogens with two attached hydrogens (primary N) is 1. The molecule has 16 heavy (non-hydrogen) atoms. The summed E-state index contributed by atoms with van der Waals surface area (Å²) in [6, 6.07) is 1.68. The molecule has 0 spiro atoms. The molecule has 92 valence electrons. The van der Waals surface area contributed by atoms with Crippen LogP contribution in [0.4, 0.5) is 0 Å². The first-order valence-electron chi connectivity index (χ1n) is 5.91. The number of hydrogen-bond acceptors (Lipinski definition) is 3. The van der Waals surface area contributed by atoms with Crippen molar-refractivity contribution in [3.8, 4) is 6.07 Å². The van der Waals surface area contributed by atoms with Crippen LogP contribution in [0.2, 0.25) is 0 Å². The molecular weight excluding hydrogens is 202 g/mol. The molecule has 0 rings (SSSR count). The largest absolute Gasteiger partial charge is 0.340 e. The number of rotatable bonds is 6. The molecule has 3 atom stereocenters. The lowest BCUT2D eigenvalue weighted by Gasteiger charge is -2.27. The first kappa shape index (κ1) is 14.9. The van der Waals surface area contributed by atoms with E-state index in [9.17, 15) is 4.79 Å². The van der Waals surface area contributed by atoms with E-state index in [0.29, 0.717) is 13.1 Å². The van der Waals surface area contributed by atoms with Crippen LogP contribution in [0, 0.1) is 23.2 Å². The van der Waals surface area contributed by atoms with Gasteiger partial charge in [-0.25, -0.2) is 0 Å². The topological polar surface area (TPSA) is 70.1 Å². The van der Waals surface area contributed by atoms with Crippen molar-refractivity contribution in [3.05, 3.63) is 0 Å². The smallest absolute Gasteiger partial charge is 0.239 e. The maximum atomic E-state index is 12.0. The predicted molar refractivity (Wildman–Crippen MR) is 64.5 cm³/mol. The molecule has 0 fully saturated rings. The fraction of sp³-hybridized carbons (Fsp3) is 0.833. The Morgan fingerprint density at radius 1 is 1.44 bits per heavy atom. The van der Waals surface area contributed by atoms with Crippen LogP contribution in [0.3, 0.4) is 0 Å². The number of carbonyl (C=O) groups is 1. The molecule has 4 nitrogen and oxygen atoms in total. The van der Waals surface area contributed by atoms with Crippen LogP contribution in [-0.2, 0) is 4.79 Å². The third-order valence-corrected chi connectivity index (χ3v) is 2.95. The highest BCUT2D eigenvalue weighted by Gasteiger charge is 2.24. The Kier molecular flexibility index (Phi) is 6.75. The average molecular weight is 225 g/mol. The lowest BCUT2D eigenvalue weighted by atomic mass is 9.98. The minimum Gasteiger partial charge on any atom is -0.340 e. The lowest BCUT2D eigenvalue weighted by Crippen LogP contribution is -2.48. The molecule has 0 aromatic carbocycles. The minimum absolute atomic E-state index is 0.0426. The summed E-state index contributed by atoms with van der Waals surface area (Å²) in [6.07, 6.45) is 0.887. The SMILES string of the molecule is CCC(C)[C@H](N)C(=O)N(CC)CC(C)C#N. The summed E-state index contributed by atoms with van der Waals surface area (Å²) in [5.41, 5.74) is 5.89. The molecule has 0 aromatic rings. The Balaban J connectivity index is 4.48. The normalized spacial score (nSPS) is 16.0. The van der Waals surface area contributed by atoms with Gasteiger partial charge in [-0.1, -0.05) is 20.3 Å². The fourth-order valence-corrected chi connectivity index (χ4v) is 1.45. The maximum Gasteiger partial charge on any atom is 0.239 e. The van der Waals surface area contributed by atoms with Crippen LogP contribution in [0.1, 0.15) is 34.1 Å². The standard InChI is InChI=1S/C12H23N3O/c1-5-10(4)11(14)12(16)15(6-2)8-9(3)7-13/h9-11H,5-6,8,14H2,1-4H3/t9?,10?,11-/m0/s1. The first-order valence-corrected chi connectivity index (χ1v) is 5.91. The number of carbonyl (C=O) groups excluding carboxylic acids is 1. The van der Waals surface area contributed by atoms with Gasteiger partial charge in [-0.05, 0) is 19.8 Å². The molecule has 0 aromatic heterocycles. The molecule has 0 aliphatic rings. The van der Waals surface area contributed by atoms with E-state index in [0.717, 1.165) is 6.42 Å². The van der Waals surface area contributed by atoms with Gasteiger partial charge in [0.05, 0.1) is 18.0 Å². The van der Waals surface area contributed by atoms with E-state index in [2.05, 4.69) is 6.07 Å². The Morgan fingerprint density at radius 2 is 2.00 bits per heavy atom. The van der Waals surface area contributed by atoms with Gasteiger partial charge in [-0.3, -0.25) is 4.79 Å². The zero-order valence-corrected chi connectivity index (χ0v) is 10.7. The van der Waals surface area contributed by atoms with Crippen molar-refractivity contribution in [2.75, 3.05) is 13.1 Å². The van der Waals surface area contributed by atoms with Crippen molar-refractivity contribution >= 4 is 5.91 Å². The van der Waals surface area contributed by atoms with Crippen molar-refractivity contribution in [2.24, 2.45) is 17.6 Å². The average Bonchev–Trinajstić information content (AvgIpc) is 2.32. The van der Waals surface area contributed by atoms with Crippen LogP contribution in [-0.4, -0.2) is 29.9 Å². The van der Waals surface area contributed by atoms with Gasteiger partial charge < -0.3 is 10.6 Å². The summed E-state index contributed by atoms with van der Waals surface area (Å²) in [7, 11) is 0. The zero-order valence-electron chi connectivity index (χ0n) is 10.7. The molecule has 0 bridgehead atoms. The van der Waals surface area contributed by atoms with Gasteiger partial charge in [0.25, 0.3) is 0 Å². The molecule has 0 saturated carbocycles.